The summed E-state index contributed by atoms with van der Waals surface area (Å²) in [6, 6.07) is 0. The van der Waals surface area contributed by atoms with Crippen molar-refractivity contribution in [1.82, 2.24) is 9.97 Å². The number of hydrogen-bond donors (Lipinski definition) is 1. The fourth-order valence-electron chi connectivity index (χ4n) is 0.253. The smallest absolute Gasteiger partial charge is 0.475 e. The maximum Gasteiger partial charge on any atom is 0.490 e. The molecule has 0 unspecified atom stereocenters. The number of hydrogen-bond acceptors (Lipinski definition) is 3. The van der Waals surface area contributed by atoms with E-state index in [0.717, 1.165) is 0 Å². The van der Waals surface area contributed by atoms with Gasteiger partial charge in [0.25, 0.3) is 0 Å². The molecular weight excluding hydrogens is 189 g/mol. The van der Waals surface area contributed by atoms with Crippen molar-refractivity contribution in [3.8, 4) is 0 Å². The Labute approximate surface area is 71.1 Å². The molecule has 0 fully saturated rings. The number of halogens is 3. The molecule has 13 heavy (non-hydrogen) atoms. The first-order chi connectivity index (χ1) is 5.94. The van der Waals surface area contributed by atoms with Crippen molar-refractivity contribution >= 4 is 5.97 Å². The minimum Gasteiger partial charge on any atom is -0.475 e. The molecule has 1 N–H and O–H groups in total. The van der Waals surface area contributed by atoms with E-state index in [4.69, 9.17) is 9.90 Å². The average Bonchev–Trinajstić information content (AvgIpc) is 2.07. The Bertz CT molecular complexity index is 223. The summed E-state index contributed by atoms with van der Waals surface area (Å²) in [5.41, 5.74) is 0. The van der Waals surface area contributed by atoms with Crippen molar-refractivity contribution in [3.63, 3.8) is 0 Å². The summed E-state index contributed by atoms with van der Waals surface area (Å²) in [5, 5.41) is 7.12. The largest absolute Gasteiger partial charge is 0.490 e. The minimum absolute atomic E-state index is 1.64. The Balaban J connectivity index is 0.000000223. The van der Waals surface area contributed by atoms with Crippen LogP contribution in [-0.2, 0) is 4.79 Å². The van der Waals surface area contributed by atoms with Gasteiger partial charge in [-0.3, -0.25) is 9.97 Å². The molecule has 0 bridgehead atoms. The Morgan fingerprint density at radius 2 is 1.31 bits per heavy atom. The lowest BCUT2D eigenvalue weighted by Crippen LogP contribution is -2.21. The van der Waals surface area contributed by atoms with Gasteiger partial charge in [0.2, 0.25) is 0 Å². The Morgan fingerprint density at radius 1 is 1.08 bits per heavy atom. The molecular formula is C6H5F3N2O2. The third-order valence-electron chi connectivity index (χ3n) is 0.720. The van der Waals surface area contributed by atoms with Crippen LogP contribution in [0.1, 0.15) is 0 Å². The van der Waals surface area contributed by atoms with E-state index in [1.165, 1.54) is 0 Å². The van der Waals surface area contributed by atoms with Gasteiger partial charge in [-0.05, 0) is 0 Å². The van der Waals surface area contributed by atoms with Gasteiger partial charge in [0.1, 0.15) is 0 Å². The molecule has 72 valence electrons. The van der Waals surface area contributed by atoms with Crippen LogP contribution in [0.15, 0.2) is 24.8 Å². The van der Waals surface area contributed by atoms with Crippen LogP contribution in [0.3, 0.4) is 0 Å². The number of alkyl halides is 3. The summed E-state index contributed by atoms with van der Waals surface area (Å²) in [5.74, 6) is -2.76. The molecule has 0 saturated heterocycles. The van der Waals surface area contributed by atoms with Gasteiger partial charge in [-0.25, -0.2) is 4.79 Å². The number of aromatic nitrogens is 2. The number of rotatable bonds is 0. The van der Waals surface area contributed by atoms with Gasteiger partial charge < -0.3 is 5.11 Å². The predicted octanol–water partition coefficient (Wildman–Crippen LogP) is 1.11. The van der Waals surface area contributed by atoms with E-state index in [1.807, 2.05) is 0 Å². The normalized spacial score (nSPS) is 9.77. The van der Waals surface area contributed by atoms with Gasteiger partial charge in [0.15, 0.2) is 0 Å². The van der Waals surface area contributed by atoms with E-state index in [9.17, 15) is 13.2 Å². The number of carbonyl (C=O) groups is 1. The van der Waals surface area contributed by atoms with Crippen molar-refractivity contribution < 1.29 is 23.1 Å². The Hall–Kier alpha value is -1.66. The fourth-order valence-corrected chi connectivity index (χ4v) is 0.253. The highest BCUT2D eigenvalue weighted by molar-refractivity contribution is 5.73. The molecule has 0 radical (unpaired) electrons. The molecule has 0 saturated carbocycles. The maximum atomic E-state index is 10.6. The van der Waals surface area contributed by atoms with Crippen molar-refractivity contribution in [2.45, 2.75) is 6.18 Å². The first-order valence-electron chi connectivity index (χ1n) is 2.94. The van der Waals surface area contributed by atoms with Gasteiger partial charge in [0.05, 0.1) is 0 Å². The molecule has 4 nitrogen and oxygen atoms in total. The van der Waals surface area contributed by atoms with E-state index < -0.39 is 12.1 Å². The topological polar surface area (TPSA) is 63.1 Å². The number of aliphatic carboxylic acids is 1. The third kappa shape index (κ3) is 6.73. The quantitative estimate of drug-likeness (QED) is 0.671. The van der Waals surface area contributed by atoms with Gasteiger partial charge >= 0.3 is 12.1 Å². The highest BCUT2D eigenvalue weighted by Crippen LogP contribution is 2.13. The number of nitrogens with zero attached hydrogens (tertiary/aromatic N) is 2. The summed E-state index contributed by atoms with van der Waals surface area (Å²) >= 11 is 0. The van der Waals surface area contributed by atoms with E-state index in [-0.39, 0.29) is 0 Å². The summed E-state index contributed by atoms with van der Waals surface area (Å²) in [6.07, 6.45) is 1.47. The molecule has 1 heterocycles. The standard InChI is InChI=1S/C4H4N2.C2HF3O2/c1-2-6-4-3-5-1;3-2(4,5)1(6)7/h1-4H;(H,6,7). The number of carboxylic acid groups (broad SMARTS) is 1. The summed E-state index contributed by atoms with van der Waals surface area (Å²) < 4.78 is 31.7. The molecule has 0 amide bonds. The van der Waals surface area contributed by atoms with Gasteiger partial charge in [0, 0.05) is 24.8 Å². The van der Waals surface area contributed by atoms with Crippen molar-refractivity contribution in [3.05, 3.63) is 24.8 Å². The molecule has 1 aromatic rings. The lowest BCUT2D eigenvalue weighted by molar-refractivity contribution is -0.192. The van der Waals surface area contributed by atoms with Crippen LogP contribution < -0.4 is 0 Å². The predicted molar refractivity (Wildman–Crippen MR) is 35.7 cm³/mol. The second kappa shape index (κ2) is 5.07. The highest BCUT2D eigenvalue weighted by Gasteiger charge is 2.38. The Morgan fingerprint density at radius 3 is 1.38 bits per heavy atom. The molecule has 0 aliphatic carbocycles. The van der Waals surface area contributed by atoms with Crippen LogP contribution in [0.25, 0.3) is 0 Å². The van der Waals surface area contributed by atoms with E-state index in [0.29, 0.717) is 0 Å². The number of carboxylic acids is 1. The highest BCUT2D eigenvalue weighted by atomic mass is 19.4. The zero-order valence-electron chi connectivity index (χ0n) is 6.19. The van der Waals surface area contributed by atoms with Crippen LogP contribution in [0.4, 0.5) is 13.2 Å². The van der Waals surface area contributed by atoms with E-state index in [2.05, 4.69) is 9.97 Å². The molecule has 7 heteroatoms. The second-order valence-corrected chi connectivity index (χ2v) is 1.70. The maximum absolute atomic E-state index is 10.6. The summed E-state index contributed by atoms with van der Waals surface area (Å²) in [6.45, 7) is 0. The SMILES string of the molecule is O=C(O)C(F)(F)F.c1cnccn1. The average molecular weight is 194 g/mol. The zero-order valence-corrected chi connectivity index (χ0v) is 6.19. The lowest BCUT2D eigenvalue weighted by atomic mass is 10.7. The van der Waals surface area contributed by atoms with Gasteiger partial charge in [-0.2, -0.15) is 13.2 Å². The monoisotopic (exact) mass is 194 g/mol. The van der Waals surface area contributed by atoms with Crippen molar-refractivity contribution in [1.29, 1.82) is 0 Å². The first kappa shape index (κ1) is 11.3. The molecule has 1 aromatic heterocycles. The summed E-state index contributed by atoms with van der Waals surface area (Å²) in [4.78, 5) is 16.3. The molecule has 0 aliphatic heterocycles. The van der Waals surface area contributed by atoms with Crippen molar-refractivity contribution in [2.75, 3.05) is 0 Å². The van der Waals surface area contributed by atoms with Crippen molar-refractivity contribution in [2.24, 2.45) is 0 Å². The lowest BCUT2D eigenvalue weighted by Gasteiger charge is -1.93. The van der Waals surface area contributed by atoms with Crippen LogP contribution >= 0.6 is 0 Å². The molecule has 0 aromatic carbocycles. The molecule has 0 aliphatic rings. The fraction of sp³-hybridized carbons (Fsp3) is 0.167. The second-order valence-electron chi connectivity index (χ2n) is 1.70. The van der Waals surface area contributed by atoms with Crippen LogP contribution in [0.5, 0.6) is 0 Å². The Kier molecular flexibility index (Phi) is 4.42. The van der Waals surface area contributed by atoms with Gasteiger partial charge in [-0.15, -0.1) is 0 Å². The van der Waals surface area contributed by atoms with Gasteiger partial charge in [-0.1, -0.05) is 0 Å². The molecule has 1 rings (SSSR count). The third-order valence-corrected chi connectivity index (χ3v) is 0.720. The van der Waals surface area contributed by atoms with E-state index in [1.54, 1.807) is 24.8 Å². The molecule has 0 atom stereocenters. The summed E-state index contributed by atoms with van der Waals surface area (Å²) in [7, 11) is 0. The van der Waals surface area contributed by atoms with E-state index >= 15 is 0 Å². The molecule has 0 spiro atoms. The van der Waals surface area contributed by atoms with Crippen LogP contribution in [0, 0.1) is 0 Å². The first-order valence-corrected chi connectivity index (χ1v) is 2.94. The van der Waals surface area contributed by atoms with Crippen LogP contribution in [-0.4, -0.2) is 27.2 Å². The zero-order chi connectivity index (χ0) is 10.3. The van der Waals surface area contributed by atoms with Crippen LogP contribution in [0.2, 0.25) is 0 Å². The minimum atomic E-state index is -5.08.